The van der Waals surface area contributed by atoms with Crippen LogP contribution in [0.4, 0.5) is 0 Å². The van der Waals surface area contributed by atoms with Crippen LogP contribution in [0.1, 0.15) is 24.6 Å². The van der Waals surface area contributed by atoms with Gasteiger partial charge >= 0.3 is 0 Å². The van der Waals surface area contributed by atoms with E-state index in [1.54, 1.807) is 0 Å². The standard InChI is InChI=1S/C22H21N5O2/c1-14(22-24-15(2)25-26-22)27-13-23-20(16-6-4-3-5-7-16)21(27)17-8-9-18-19(12-17)29-11-10-28-18/h3-9,12-14H,10-11H2,1-2H3,(H,24,25,26)/t14-/m1/s1. The zero-order valence-corrected chi connectivity index (χ0v) is 16.3. The fraction of sp³-hybridized carbons (Fsp3) is 0.227. The number of imidazole rings is 1. The van der Waals surface area contributed by atoms with Crippen molar-refractivity contribution in [2.45, 2.75) is 19.9 Å². The summed E-state index contributed by atoms with van der Waals surface area (Å²) in [6.45, 7) is 5.09. The van der Waals surface area contributed by atoms with Crippen LogP contribution in [0, 0.1) is 6.92 Å². The molecular weight excluding hydrogens is 366 g/mol. The Morgan fingerprint density at radius 3 is 2.55 bits per heavy atom. The summed E-state index contributed by atoms with van der Waals surface area (Å²) < 4.78 is 13.6. The van der Waals surface area contributed by atoms with Crippen LogP contribution in [0.2, 0.25) is 0 Å². The minimum Gasteiger partial charge on any atom is -0.486 e. The molecule has 1 N–H and O–H groups in total. The molecule has 0 amide bonds. The Balaban J connectivity index is 1.68. The Morgan fingerprint density at radius 1 is 1.00 bits per heavy atom. The fourth-order valence-electron chi connectivity index (χ4n) is 3.61. The van der Waals surface area contributed by atoms with Crippen molar-refractivity contribution >= 4 is 0 Å². The first-order valence-corrected chi connectivity index (χ1v) is 9.62. The Hall–Kier alpha value is -3.61. The molecule has 1 aliphatic heterocycles. The summed E-state index contributed by atoms with van der Waals surface area (Å²) in [6.07, 6.45) is 1.85. The van der Waals surface area contributed by atoms with E-state index in [0.717, 1.165) is 45.7 Å². The molecule has 5 rings (SSSR count). The van der Waals surface area contributed by atoms with Gasteiger partial charge in [-0.15, -0.1) is 0 Å². The predicted molar refractivity (Wildman–Crippen MR) is 109 cm³/mol. The average molecular weight is 387 g/mol. The van der Waals surface area contributed by atoms with Crippen LogP contribution in [-0.4, -0.2) is 37.9 Å². The minimum absolute atomic E-state index is 0.0897. The van der Waals surface area contributed by atoms with Crippen LogP contribution >= 0.6 is 0 Å². The van der Waals surface area contributed by atoms with Gasteiger partial charge in [0.2, 0.25) is 0 Å². The number of rotatable bonds is 4. The van der Waals surface area contributed by atoms with Gasteiger partial charge in [-0.1, -0.05) is 30.3 Å². The lowest BCUT2D eigenvalue weighted by Crippen LogP contribution is -2.15. The second-order valence-corrected chi connectivity index (χ2v) is 7.03. The molecule has 0 unspecified atom stereocenters. The van der Waals surface area contributed by atoms with Gasteiger partial charge in [0.1, 0.15) is 19.0 Å². The van der Waals surface area contributed by atoms with Crippen molar-refractivity contribution in [2.24, 2.45) is 0 Å². The van der Waals surface area contributed by atoms with Gasteiger partial charge in [-0.3, -0.25) is 5.10 Å². The lowest BCUT2D eigenvalue weighted by molar-refractivity contribution is 0.171. The number of nitrogens with zero attached hydrogens (tertiary/aromatic N) is 4. The lowest BCUT2D eigenvalue weighted by atomic mass is 10.0. The Morgan fingerprint density at radius 2 is 1.79 bits per heavy atom. The van der Waals surface area contributed by atoms with E-state index in [0.29, 0.717) is 13.2 Å². The Labute approximate surface area is 168 Å². The summed E-state index contributed by atoms with van der Waals surface area (Å²) in [6, 6.07) is 16.1. The molecule has 0 saturated heterocycles. The summed E-state index contributed by atoms with van der Waals surface area (Å²) >= 11 is 0. The van der Waals surface area contributed by atoms with Crippen LogP contribution in [0.15, 0.2) is 54.9 Å². The van der Waals surface area contributed by atoms with E-state index in [1.807, 2.05) is 49.6 Å². The fourth-order valence-corrected chi connectivity index (χ4v) is 3.61. The predicted octanol–water partition coefficient (Wildman–Crippen LogP) is 4.02. The zero-order chi connectivity index (χ0) is 19.8. The monoisotopic (exact) mass is 387 g/mol. The third-order valence-electron chi connectivity index (χ3n) is 5.06. The highest BCUT2D eigenvalue weighted by atomic mass is 16.6. The molecule has 0 fully saturated rings. The number of nitrogens with one attached hydrogen (secondary N) is 1. The van der Waals surface area contributed by atoms with E-state index < -0.39 is 0 Å². The van der Waals surface area contributed by atoms with E-state index in [1.165, 1.54) is 0 Å². The number of aromatic nitrogens is 5. The van der Waals surface area contributed by atoms with Crippen molar-refractivity contribution < 1.29 is 9.47 Å². The van der Waals surface area contributed by atoms with Crippen molar-refractivity contribution in [3.63, 3.8) is 0 Å². The first-order valence-electron chi connectivity index (χ1n) is 9.62. The molecule has 1 aliphatic rings. The number of fused-ring (bicyclic) bond motifs is 1. The molecule has 1 atom stereocenters. The second-order valence-electron chi connectivity index (χ2n) is 7.03. The summed E-state index contributed by atoms with van der Waals surface area (Å²) in [5, 5.41) is 7.28. The average Bonchev–Trinajstić information content (AvgIpc) is 3.40. The summed E-state index contributed by atoms with van der Waals surface area (Å²) in [5.74, 6) is 3.03. The Bertz CT molecular complexity index is 1150. The maximum Gasteiger partial charge on any atom is 0.173 e. The second kappa shape index (κ2) is 7.09. The Kier molecular flexibility index (Phi) is 4.27. The van der Waals surface area contributed by atoms with Crippen molar-refractivity contribution in [3.8, 4) is 34.0 Å². The van der Waals surface area contributed by atoms with E-state index in [9.17, 15) is 0 Å². The summed E-state index contributed by atoms with van der Waals surface area (Å²) in [7, 11) is 0. The van der Waals surface area contributed by atoms with Gasteiger partial charge in [0.05, 0.1) is 23.8 Å². The van der Waals surface area contributed by atoms with Crippen molar-refractivity contribution in [1.82, 2.24) is 24.7 Å². The van der Waals surface area contributed by atoms with Crippen LogP contribution in [0.25, 0.3) is 22.5 Å². The molecule has 0 saturated carbocycles. The van der Waals surface area contributed by atoms with Gasteiger partial charge in [0.15, 0.2) is 17.3 Å². The molecule has 29 heavy (non-hydrogen) atoms. The minimum atomic E-state index is -0.0897. The molecule has 2 aromatic heterocycles. The number of H-pyrrole nitrogens is 1. The van der Waals surface area contributed by atoms with Gasteiger partial charge in [-0.25, -0.2) is 9.97 Å². The van der Waals surface area contributed by atoms with Crippen LogP contribution < -0.4 is 9.47 Å². The van der Waals surface area contributed by atoms with Crippen LogP contribution in [0.5, 0.6) is 11.5 Å². The third kappa shape index (κ3) is 3.14. The first kappa shape index (κ1) is 17.5. The normalized spacial score (nSPS) is 14.0. The quantitative estimate of drug-likeness (QED) is 0.572. The molecule has 7 nitrogen and oxygen atoms in total. The van der Waals surface area contributed by atoms with Crippen molar-refractivity contribution in [3.05, 3.63) is 66.5 Å². The number of aryl methyl sites for hydroxylation is 1. The summed E-state index contributed by atoms with van der Waals surface area (Å²) in [5.41, 5.74) is 3.95. The number of ether oxygens (including phenoxy) is 2. The number of hydrogen-bond acceptors (Lipinski definition) is 5. The van der Waals surface area contributed by atoms with Gasteiger partial charge < -0.3 is 14.0 Å². The van der Waals surface area contributed by atoms with E-state index in [2.05, 4.69) is 38.8 Å². The third-order valence-corrected chi connectivity index (χ3v) is 5.06. The number of hydrogen-bond donors (Lipinski definition) is 1. The van der Waals surface area contributed by atoms with Gasteiger partial charge in [0, 0.05) is 11.1 Å². The molecule has 7 heteroatoms. The highest BCUT2D eigenvalue weighted by molar-refractivity contribution is 5.80. The molecule has 146 valence electrons. The summed E-state index contributed by atoms with van der Waals surface area (Å²) in [4.78, 5) is 9.27. The highest BCUT2D eigenvalue weighted by Crippen LogP contribution is 2.39. The topological polar surface area (TPSA) is 77.8 Å². The van der Waals surface area contributed by atoms with Gasteiger partial charge in [-0.05, 0) is 32.0 Å². The van der Waals surface area contributed by atoms with E-state index in [4.69, 9.17) is 14.5 Å². The highest BCUT2D eigenvalue weighted by Gasteiger charge is 2.23. The van der Waals surface area contributed by atoms with Crippen molar-refractivity contribution in [2.75, 3.05) is 13.2 Å². The maximum atomic E-state index is 5.81. The first-order chi connectivity index (χ1) is 14.2. The number of aromatic amines is 1. The van der Waals surface area contributed by atoms with Gasteiger partial charge in [-0.2, -0.15) is 5.10 Å². The van der Waals surface area contributed by atoms with E-state index in [-0.39, 0.29) is 6.04 Å². The molecule has 0 radical (unpaired) electrons. The van der Waals surface area contributed by atoms with Crippen LogP contribution in [-0.2, 0) is 0 Å². The van der Waals surface area contributed by atoms with Gasteiger partial charge in [0.25, 0.3) is 0 Å². The number of benzene rings is 2. The molecule has 0 bridgehead atoms. The zero-order valence-electron chi connectivity index (χ0n) is 16.3. The molecule has 4 aromatic rings. The molecular formula is C22H21N5O2. The largest absolute Gasteiger partial charge is 0.486 e. The SMILES string of the molecule is Cc1nc([C@@H](C)n2cnc(-c3ccccc3)c2-c2ccc3c(c2)OCCO3)n[nH]1. The maximum absolute atomic E-state index is 5.81. The molecule has 3 heterocycles. The van der Waals surface area contributed by atoms with Crippen molar-refractivity contribution in [1.29, 1.82) is 0 Å². The van der Waals surface area contributed by atoms with E-state index >= 15 is 0 Å². The molecule has 2 aromatic carbocycles. The smallest absolute Gasteiger partial charge is 0.173 e. The molecule has 0 aliphatic carbocycles. The molecule has 0 spiro atoms. The lowest BCUT2D eigenvalue weighted by Gasteiger charge is -2.20. The van der Waals surface area contributed by atoms with Crippen LogP contribution in [0.3, 0.4) is 0 Å².